The molecule has 0 saturated carbocycles. The molecule has 6 nitrogen and oxygen atoms in total. The van der Waals surface area contributed by atoms with Crippen molar-refractivity contribution in [2.75, 3.05) is 7.11 Å². The van der Waals surface area contributed by atoms with Gasteiger partial charge in [0.2, 0.25) is 0 Å². The van der Waals surface area contributed by atoms with E-state index in [0.717, 1.165) is 11.1 Å². The van der Waals surface area contributed by atoms with Gasteiger partial charge in [-0.05, 0) is 30.7 Å². The van der Waals surface area contributed by atoms with Crippen LogP contribution in [0, 0.1) is 6.92 Å². The van der Waals surface area contributed by atoms with Crippen LogP contribution in [0.5, 0.6) is 5.75 Å². The highest BCUT2D eigenvalue weighted by Crippen LogP contribution is 2.18. The molecule has 0 amide bonds. The first-order valence-electron chi connectivity index (χ1n) is 8.03. The third-order valence-electron chi connectivity index (χ3n) is 3.76. The SMILES string of the molecule is COc1ccccc1/C=C/C(=O)OCc1cc(=O)n2cc(C)ccc2n1. The molecule has 0 radical (unpaired) electrons. The first kappa shape index (κ1) is 17.4. The summed E-state index contributed by atoms with van der Waals surface area (Å²) in [4.78, 5) is 28.4. The zero-order chi connectivity index (χ0) is 18.5. The van der Waals surface area contributed by atoms with Gasteiger partial charge in [0, 0.05) is 23.9 Å². The fraction of sp³-hybridized carbons (Fsp3) is 0.150. The van der Waals surface area contributed by atoms with Crippen LogP contribution in [0.2, 0.25) is 0 Å². The summed E-state index contributed by atoms with van der Waals surface area (Å²) in [5.74, 6) is 0.137. The smallest absolute Gasteiger partial charge is 0.331 e. The van der Waals surface area contributed by atoms with Gasteiger partial charge in [0.25, 0.3) is 5.56 Å². The summed E-state index contributed by atoms with van der Waals surface area (Å²) in [7, 11) is 1.57. The molecule has 2 heterocycles. The highest BCUT2D eigenvalue weighted by molar-refractivity contribution is 5.87. The third-order valence-corrected chi connectivity index (χ3v) is 3.76. The predicted molar refractivity (Wildman–Crippen MR) is 98.0 cm³/mol. The zero-order valence-electron chi connectivity index (χ0n) is 14.5. The lowest BCUT2D eigenvalue weighted by atomic mass is 10.2. The van der Waals surface area contributed by atoms with Gasteiger partial charge in [0.15, 0.2) is 0 Å². The minimum Gasteiger partial charge on any atom is -0.496 e. The van der Waals surface area contributed by atoms with Crippen LogP contribution in [0.1, 0.15) is 16.8 Å². The van der Waals surface area contributed by atoms with Gasteiger partial charge in [-0.3, -0.25) is 9.20 Å². The van der Waals surface area contributed by atoms with Crippen molar-refractivity contribution in [2.24, 2.45) is 0 Å². The van der Waals surface area contributed by atoms with Crippen molar-refractivity contribution >= 4 is 17.7 Å². The Labute approximate surface area is 150 Å². The van der Waals surface area contributed by atoms with Crippen LogP contribution in [-0.4, -0.2) is 22.5 Å². The van der Waals surface area contributed by atoms with Gasteiger partial charge in [-0.15, -0.1) is 0 Å². The number of rotatable bonds is 5. The predicted octanol–water partition coefficient (Wildman–Crippen LogP) is 2.77. The molecule has 1 aromatic carbocycles. The second-order valence-electron chi connectivity index (χ2n) is 5.70. The van der Waals surface area contributed by atoms with E-state index in [1.807, 2.05) is 31.2 Å². The third kappa shape index (κ3) is 3.97. The number of aryl methyl sites for hydroxylation is 1. The Morgan fingerprint density at radius 3 is 2.85 bits per heavy atom. The van der Waals surface area contributed by atoms with Crippen molar-refractivity contribution in [1.82, 2.24) is 9.38 Å². The van der Waals surface area contributed by atoms with Crippen molar-refractivity contribution < 1.29 is 14.3 Å². The topological polar surface area (TPSA) is 69.9 Å². The lowest BCUT2D eigenvalue weighted by Crippen LogP contribution is -2.16. The Bertz CT molecular complexity index is 1040. The minimum atomic E-state index is -0.526. The Balaban J connectivity index is 1.70. The molecule has 0 bridgehead atoms. The van der Waals surface area contributed by atoms with E-state index in [1.165, 1.54) is 16.5 Å². The average Bonchev–Trinajstić information content (AvgIpc) is 2.65. The van der Waals surface area contributed by atoms with E-state index >= 15 is 0 Å². The van der Waals surface area contributed by atoms with Gasteiger partial charge < -0.3 is 9.47 Å². The molecule has 0 N–H and O–H groups in total. The van der Waals surface area contributed by atoms with Gasteiger partial charge in [0.1, 0.15) is 18.0 Å². The number of esters is 1. The highest BCUT2D eigenvalue weighted by atomic mass is 16.5. The van der Waals surface area contributed by atoms with E-state index in [2.05, 4.69) is 4.98 Å². The molecule has 0 aliphatic carbocycles. The van der Waals surface area contributed by atoms with Crippen molar-refractivity contribution in [2.45, 2.75) is 13.5 Å². The number of fused-ring (bicyclic) bond motifs is 1. The molecule has 2 aromatic heterocycles. The van der Waals surface area contributed by atoms with E-state index in [4.69, 9.17) is 9.47 Å². The number of carbonyl (C=O) groups excluding carboxylic acids is 1. The number of nitrogens with zero attached hydrogens (tertiary/aromatic N) is 2. The second-order valence-corrected chi connectivity index (χ2v) is 5.70. The van der Waals surface area contributed by atoms with Gasteiger partial charge in [-0.1, -0.05) is 24.3 Å². The van der Waals surface area contributed by atoms with Gasteiger partial charge >= 0.3 is 5.97 Å². The number of carbonyl (C=O) groups is 1. The van der Waals surface area contributed by atoms with E-state index < -0.39 is 5.97 Å². The molecule has 0 spiro atoms. The van der Waals surface area contributed by atoms with E-state index in [0.29, 0.717) is 17.1 Å². The van der Waals surface area contributed by atoms with Crippen LogP contribution >= 0.6 is 0 Å². The molecule has 0 fully saturated rings. The number of pyridine rings is 1. The number of methoxy groups -OCH3 is 1. The molecule has 6 heteroatoms. The van der Waals surface area contributed by atoms with Gasteiger partial charge in [-0.25, -0.2) is 9.78 Å². The molecule has 0 aliphatic heterocycles. The quantitative estimate of drug-likeness (QED) is 0.523. The Morgan fingerprint density at radius 1 is 1.23 bits per heavy atom. The molecule has 132 valence electrons. The van der Waals surface area contributed by atoms with Crippen LogP contribution in [-0.2, 0) is 16.1 Å². The Hall–Kier alpha value is -3.41. The summed E-state index contributed by atoms with van der Waals surface area (Å²) in [6.07, 6.45) is 4.65. The highest BCUT2D eigenvalue weighted by Gasteiger charge is 2.06. The largest absolute Gasteiger partial charge is 0.496 e. The number of hydrogen-bond acceptors (Lipinski definition) is 5. The molecule has 0 saturated heterocycles. The lowest BCUT2D eigenvalue weighted by molar-refractivity contribution is -0.139. The second kappa shape index (κ2) is 7.65. The summed E-state index contributed by atoms with van der Waals surface area (Å²) in [5, 5.41) is 0. The maximum atomic E-state index is 12.1. The summed E-state index contributed by atoms with van der Waals surface area (Å²) >= 11 is 0. The summed E-state index contributed by atoms with van der Waals surface area (Å²) in [6, 6.07) is 12.3. The molecular weight excluding hydrogens is 332 g/mol. The van der Waals surface area contributed by atoms with Gasteiger partial charge in [0.05, 0.1) is 12.8 Å². The van der Waals surface area contributed by atoms with Crippen molar-refractivity contribution in [3.63, 3.8) is 0 Å². The van der Waals surface area contributed by atoms with Crippen molar-refractivity contribution in [3.05, 3.63) is 81.9 Å². The van der Waals surface area contributed by atoms with Crippen molar-refractivity contribution in [3.8, 4) is 5.75 Å². The van der Waals surface area contributed by atoms with Crippen LogP contribution in [0.25, 0.3) is 11.7 Å². The Kier molecular flexibility index (Phi) is 5.12. The van der Waals surface area contributed by atoms with E-state index in [-0.39, 0.29) is 12.2 Å². The molecule has 0 unspecified atom stereocenters. The van der Waals surface area contributed by atoms with Gasteiger partial charge in [-0.2, -0.15) is 0 Å². The Morgan fingerprint density at radius 2 is 2.04 bits per heavy atom. The van der Waals surface area contributed by atoms with E-state index in [9.17, 15) is 9.59 Å². The number of benzene rings is 1. The zero-order valence-corrected chi connectivity index (χ0v) is 14.5. The van der Waals surface area contributed by atoms with Crippen LogP contribution in [0.4, 0.5) is 0 Å². The number of hydrogen-bond donors (Lipinski definition) is 0. The standard InChI is InChI=1S/C20H18N2O4/c1-14-7-9-18-21-16(11-19(23)22(18)12-14)13-26-20(24)10-8-15-5-3-4-6-17(15)25-2/h3-12H,13H2,1-2H3/b10-8+. The molecule has 0 aliphatic rings. The molecular formula is C20H18N2O4. The first-order valence-corrected chi connectivity index (χ1v) is 8.03. The molecule has 3 aromatic rings. The fourth-order valence-corrected chi connectivity index (χ4v) is 2.49. The van der Waals surface area contributed by atoms with Crippen molar-refractivity contribution in [1.29, 1.82) is 0 Å². The van der Waals surface area contributed by atoms with E-state index in [1.54, 1.807) is 31.5 Å². The minimum absolute atomic E-state index is 0.0747. The normalized spacial score (nSPS) is 11.0. The molecule has 3 rings (SSSR count). The van der Waals surface area contributed by atoms with Crippen LogP contribution < -0.4 is 10.3 Å². The van der Waals surface area contributed by atoms with Crippen LogP contribution in [0.15, 0.2) is 59.5 Å². The van der Waals surface area contributed by atoms with Crippen LogP contribution in [0.3, 0.4) is 0 Å². The average molecular weight is 350 g/mol. The fourth-order valence-electron chi connectivity index (χ4n) is 2.49. The number of ether oxygens (including phenoxy) is 2. The maximum absolute atomic E-state index is 12.1. The molecule has 0 atom stereocenters. The lowest BCUT2D eigenvalue weighted by Gasteiger charge is -2.06. The number of para-hydroxylation sites is 1. The molecule has 26 heavy (non-hydrogen) atoms. The maximum Gasteiger partial charge on any atom is 0.331 e. The number of aromatic nitrogens is 2. The summed E-state index contributed by atoms with van der Waals surface area (Å²) < 4.78 is 11.9. The summed E-state index contributed by atoms with van der Waals surface area (Å²) in [6.45, 7) is 1.82. The monoisotopic (exact) mass is 350 g/mol. The summed E-state index contributed by atoms with van der Waals surface area (Å²) in [5.41, 5.74) is 2.43. The first-order chi connectivity index (χ1) is 12.6.